The zero-order chi connectivity index (χ0) is 15.4. The number of hydrogen-bond acceptors (Lipinski definition) is 4. The quantitative estimate of drug-likeness (QED) is 0.892. The van der Waals surface area contributed by atoms with Gasteiger partial charge in [0.2, 0.25) is 5.88 Å². The van der Waals surface area contributed by atoms with Gasteiger partial charge in [-0.1, -0.05) is 13.8 Å². The van der Waals surface area contributed by atoms with E-state index in [-0.39, 0.29) is 11.7 Å². The molecule has 0 aliphatic rings. The lowest BCUT2D eigenvalue weighted by atomic mass is 10.2. The Morgan fingerprint density at radius 3 is 2.43 bits per heavy atom. The Morgan fingerprint density at radius 1 is 1.19 bits per heavy atom. The molecule has 112 valence electrons. The predicted octanol–water partition coefficient (Wildman–Crippen LogP) is 4.27. The molecule has 1 aromatic heterocycles. The number of hydrogen-bond donors (Lipinski definition) is 1. The Balaban J connectivity index is 2.38. The number of nitrogens with zero attached hydrogens (tertiary/aromatic N) is 2. The van der Waals surface area contributed by atoms with Crippen molar-refractivity contribution in [1.82, 2.24) is 9.97 Å². The Bertz CT molecular complexity index is 612. The molecule has 1 heterocycles. The molecule has 0 unspecified atom stereocenters. The van der Waals surface area contributed by atoms with Crippen LogP contribution in [0.1, 0.15) is 38.1 Å². The highest BCUT2D eigenvalue weighted by atomic mass is 19.1. The van der Waals surface area contributed by atoms with Crippen LogP contribution in [-0.2, 0) is 0 Å². The smallest absolute Gasteiger partial charge is 0.227 e. The van der Waals surface area contributed by atoms with Crippen molar-refractivity contribution >= 4 is 5.82 Å². The first-order chi connectivity index (χ1) is 10.0. The van der Waals surface area contributed by atoms with Gasteiger partial charge in [0.25, 0.3) is 0 Å². The maximum absolute atomic E-state index is 12.9. The molecule has 0 atom stereocenters. The molecule has 0 aliphatic heterocycles. The first kappa shape index (κ1) is 15.2. The molecular formula is C16H20FN3O. The van der Waals surface area contributed by atoms with E-state index in [1.54, 1.807) is 12.1 Å². The van der Waals surface area contributed by atoms with Gasteiger partial charge >= 0.3 is 0 Å². The van der Waals surface area contributed by atoms with Crippen LogP contribution in [0.4, 0.5) is 10.2 Å². The first-order valence-corrected chi connectivity index (χ1v) is 7.07. The number of anilines is 1. The molecule has 1 N–H and O–H groups in total. The number of ether oxygens (including phenoxy) is 1. The van der Waals surface area contributed by atoms with Crippen LogP contribution in [0.25, 0.3) is 0 Å². The van der Waals surface area contributed by atoms with Crippen LogP contribution in [0.15, 0.2) is 24.3 Å². The fourth-order valence-electron chi connectivity index (χ4n) is 1.82. The summed E-state index contributed by atoms with van der Waals surface area (Å²) < 4.78 is 18.7. The van der Waals surface area contributed by atoms with Crippen molar-refractivity contribution in [3.05, 3.63) is 41.5 Å². The fourth-order valence-corrected chi connectivity index (χ4v) is 1.82. The normalized spacial score (nSPS) is 10.8. The standard InChI is InChI=1S/C16H20FN3O/c1-5-18-15-11(4)16(20-14(19-15)10(2)3)21-13-8-6-12(17)7-9-13/h6-10H,5H2,1-4H3,(H,18,19,20). The second kappa shape index (κ2) is 6.52. The van der Waals surface area contributed by atoms with E-state index in [2.05, 4.69) is 15.3 Å². The molecule has 5 heteroatoms. The molecule has 0 saturated carbocycles. The van der Waals surface area contributed by atoms with E-state index < -0.39 is 0 Å². The highest BCUT2D eigenvalue weighted by molar-refractivity contribution is 5.49. The number of benzene rings is 1. The van der Waals surface area contributed by atoms with Gasteiger partial charge in [0.05, 0.1) is 5.56 Å². The topological polar surface area (TPSA) is 47.0 Å². The van der Waals surface area contributed by atoms with Crippen molar-refractivity contribution < 1.29 is 9.13 Å². The Hall–Kier alpha value is -2.17. The van der Waals surface area contributed by atoms with Crippen molar-refractivity contribution in [2.24, 2.45) is 0 Å². The van der Waals surface area contributed by atoms with E-state index in [4.69, 9.17) is 4.74 Å². The summed E-state index contributed by atoms with van der Waals surface area (Å²) in [7, 11) is 0. The first-order valence-electron chi connectivity index (χ1n) is 7.07. The van der Waals surface area contributed by atoms with Crippen molar-refractivity contribution in [3.8, 4) is 11.6 Å². The summed E-state index contributed by atoms with van der Waals surface area (Å²) in [6.45, 7) is 8.74. The number of aromatic nitrogens is 2. The Morgan fingerprint density at radius 2 is 1.86 bits per heavy atom. The third-order valence-corrected chi connectivity index (χ3v) is 3.01. The molecule has 2 aromatic rings. The van der Waals surface area contributed by atoms with Crippen LogP contribution in [0.5, 0.6) is 11.6 Å². The zero-order valence-electron chi connectivity index (χ0n) is 12.8. The van der Waals surface area contributed by atoms with Gasteiger partial charge in [0.15, 0.2) is 0 Å². The van der Waals surface area contributed by atoms with Crippen molar-refractivity contribution in [3.63, 3.8) is 0 Å². The average Bonchev–Trinajstić information content (AvgIpc) is 2.45. The molecule has 0 fully saturated rings. The van der Waals surface area contributed by atoms with E-state index in [1.165, 1.54) is 12.1 Å². The van der Waals surface area contributed by atoms with E-state index in [0.717, 1.165) is 17.9 Å². The third kappa shape index (κ3) is 3.68. The van der Waals surface area contributed by atoms with Gasteiger partial charge < -0.3 is 10.1 Å². The van der Waals surface area contributed by atoms with Gasteiger partial charge in [0.1, 0.15) is 23.2 Å². The number of rotatable bonds is 5. The maximum atomic E-state index is 12.9. The zero-order valence-corrected chi connectivity index (χ0v) is 12.8. The Labute approximate surface area is 124 Å². The van der Waals surface area contributed by atoms with Crippen molar-refractivity contribution in [1.29, 1.82) is 0 Å². The van der Waals surface area contributed by atoms with Gasteiger partial charge in [0, 0.05) is 12.5 Å². The molecule has 4 nitrogen and oxygen atoms in total. The van der Waals surface area contributed by atoms with Gasteiger partial charge in [-0.25, -0.2) is 9.37 Å². The van der Waals surface area contributed by atoms with Crippen LogP contribution in [0.2, 0.25) is 0 Å². The van der Waals surface area contributed by atoms with E-state index in [9.17, 15) is 4.39 Å². The summed E-state index contributed by atoms with van der Waals surface area (Å²) >= 11 is 0. The van der Waals surface area contributed by atoms with Gasteiger partial charge in [-0.05, 0) is 38.1 Å². The summed E-state index contributed by atoms with van der Waals surface area (Å²) in [5.74, 6) is 2.44. The summed E-state index contributed by atoms with van der Waals surface area (Å²) in [5.41, 5.74) is 0.838. The number of halogens is 1. The highest BCUT2D eigenvalue weighted by Gasteiger charge is 2.14. The molecule has 2 rings (SSSR count). The molecule has 0 aliphatic carbocycles. The molecule has 1 aromatic carbocycles. The SMILES string of the molecule is CCNc1nc(C(C)C)nc(Oc2ccc(F)cc2)c1C. The maximum Gasteiger partial charge on any atom is 0.227 e. The van der Waals surface area contributed by atoms with E-state index in [0.29, 0.717) is 17.5 Å². The minimum atomic E-state index is -0.294. The third-order valence-electron chi connectivity index (χ3n) is 3.01. The molecule has 0 saturated heterocycles. The predicted molar refractivity (Wildman–Crippen MR) is 81.5 cm³/mol. The Kier molecular flexibility index (Phi) is 4.73. The molecule has 0 bridgehead atoms. The van der Waals surface area contributed by atoms with E-state index in [1.807, 2.05) is 27.7 Å². The van der Waals surface area contributed by atoms with Gasteiger partial charge in [-0.2, -0.15) is 4.98 Å². The van der Waals surface area contributed by atoms with Gasteiger partial charge in [-0.3, -0.25) is 0 Å². The lowest BCUT2D eigenvalue weighted by Crippen LogP contribution is -2.08. The monoisotopic (exact) mass is 289 g/mol. The number of nitrogens with one attached hydrogen (secondary N) is 1. The minimum absolute atomic E-state index is 0.193. The second-order valence-corrected chi connectivity index (χ2v) is 5.10. The highest BCUT2D eigenvalue weighted by Crippen LogP contribution is 2.28. The summed E-state index contributed by atoms with van der Waals surface area (Å²) in [6, 6.07) is 5.89. The lowest BCUT2D eigenvalue weighted by Gasteiger charge is -2.15. The van der Waals surface area contributed by atoms with E-state index >= 15 is 0 Å². The molecule has 0 spiro atoms. The lowest BCUT2D eigenvalue weighted by molar-refractivity contribution is 0.451. The molecule has 0 amide bonds. The summed E-state index contributed by atoms with van der Waals surface area (Å²) in [6.07, 6.45) is 0. The van der Waals surface area contributed by atoms with Gasteiger partial charge in [-0.15, -0.1) is 0 Å². The van der Waals surface area contributed by atoms with Crippen LogP contribution in [0.3, 0.4) is 0 Å². The van der Waals surface area contributed by atoms with Crippen LogP contribution >= 0.6 is 0 Å². The average molecular weight is 289 g/mol. The largest absolute Gasteiger partial charge is 0.439 e. The molecule has 0 radical (unpaired) electrons. The van der Waals surface area contributed by atoms with Crippen LogP contribution < -0.4 is 10.1 Å². The fraction of sp³-hybridized carbons (Fsp3) is 0.375. The summed E-state index contributed by atoms with van der Waals surface area (Å²) in [5, 5.41) is 3.22. The minimum Gasteiger partial charge on any atom is -0.439 e. The second-order valence-electron chi connectivity index (χ2n) is 5.10. The molecule has 21 heavy (non-hydrogen) atoms. The van der Waals surface area contributed by atoms with Crippen molar-refractivity contribution in [2.75, 3.05) is 11.9 Å². The van der Waals surface area contributed by atoms with Crippen molar-refractivity contribution in [2.45, 2.75) is 33.6 Å². The molecular weight excluding hydrogens is 269 g/mol. The summed E-state index contributed by atoms with van der Waals surface area (Å²) in [4.78, 5) is 8.98. The van der Waals surface area contributed by atoms with Crippen LogP contribution in [0, 0.1) is 12.7 Å². The van der Waals surface area contributed by atoms with Crippen LogP contribution in [-0.4, -0.2) is 16.5 Å².